The fourth-order valence-electron chi connectivity index (χ4n) is 5.82. The van der Waals surface area contributed by atoms with E-state index in [0.717, 1.165) is 0 Å². The highest BCUT2D eigenvalue weighted by Gasteiger charge is 2.78. The van der Waals surface area contributed by atoms with E-state index in [4.69, 9.17) is 14.2 Å². The summed E-state index contributed by atoms with van der Waals surface area (Å²) in [7, 11) is 0. The lowest BCUT2D eigenvalue weighted by molar-refractivity contribution is -0.384. The van der Waals surface area contributed by atoms with Crippen LogP contribution < -0.4 is 0 Å². The van der Waals surface area contributed by atoms with Crippen LogP contribution in [0.15, 0.2) is 0 Å². The minimum Gasteiger partial charge on any atom is -0.457 e. The maximum atomic E-state index is 12.7. The van der Waals surface area contributed by atoms with Crippen molar-refractivity contribution in [3.05, 3.63) is 0 Å². The highest BCUT2D eigenvalue weighted by Crippen LogP contribution is 2.60. The first-order valence-corrected chi connectivity index (χ1v) is 9.05. The highest BCUT2D eigenvalue weighted by atomic mass is 16.8. The summed E-state index contributed by atoms with van der Waals surface area (Å²) in [6, 6.07) is 0. The first kappa shape index (κ1) is 17.7. The highest BCUT2D eigenvalue weighted by molar-refractivity contribution is 5.84. The first-order chi connectivity index (χ1) is 11.3. The molecule has 4 rings (SSSR count). The monoisotopic (exact) mass is 356 g/mol. The summed E-state index contributed by atoms with van der Waals surface area (Å²) in [5.41, 5.74) is -4.47. The number of fused-ring (bicyclic) bond motifs is 2. The molecule has 2 saturated carbocycles. The van der Waals surface area contributed by atoms with Gasteiger partial charge in [0.2, 0.25) is 0 Å². The number of hydrogen-bond donors (Lipinski definition) is 3. The van der Waals surface area contributed by atoms with Gasteiger partial charge in [-0.25, -0.2) is 4.79 Å². The molecule has 0 unspecified atom stereocenters. The summed E-state index contributed by atoms with van der Waals surface area (Å²) in [4.78, 5) is 12.7. The number of hydrogen-bond acceptors (Lipinski definition) is 7. The molecule has 25 heavy (non-hydrogen) atoms. The van der Waals surface area contributed by atoms with Crippen molar-refractivity contribution in [1.29, 1.82) is 0 Å². The molecule has 2 heterocycles. The molecule has 0 aromatic carbocycles. The van der Waals surface area contributed by atoms with Crippen LogP contribution in [0.2, 0.25) is 0 Å². The number of aliphatic hydroxyl groups excluding tert-OH is 1. The smallest absolute Gasteiger partial charge is 0.341 e. The molecule has 0 radical (unpaired) electrons. The van der Waals surface area contributed by atoms with E-state index < -0.39 is 46.9 Å². The van der Waals surface area contributed by atoms with Gasteiger partial charge in [-0.05, 0) is 46.0 Å². The Labute approximate surface area is 147 Å². The van der Waals surface area contributed by atoms with Crippen molar-refractivity contribution in [1.82, 2.24) is 0 Å². The van der Waals surface area contributed by atoms with Gasteiger partial charge in [-0.2, -0.15) is 0 Å². The van der Waals surface area contributed by atoms with E-state index in [-0.39, 0.29) is 24.2 Å². The van der Waals surface area contributed by atoms with Crippen LogP contribution in [0.5, 0.6) is 0 Å². The summed E-state index contributed by atoms with van der Waals surface area (Å²) >= 11 is 0. The molecule has 0 spiro atoms. The van der Waals surface area contributed by atoms with Crippen LogP contribution in [0.3, 0.4) is 0 Å². The Kier molecular flexibility index (Phi) is 3.36. The molecule has 7 nitrogen and oxygen atoms in total. The fourth-order valence-corrected chi connectivity index (χ4v) is 5.82. The van der Waals surface area contributed by atoms with E-state index >= 15 is 0 Å². The van der Waals surface area contributed by atoms with Crippen molar-refractivity contribution >= 4 is 5.97 Å². The first-order valence-electron chi connectivity index (χ1n) is 9.05. The minimum atomic E-state index is -1.72. The van der Waals surface area contributed by atoms with Gasteiger partial charge in [0.15, 0.2) is 17.0 Å². The van der Waals surface area contributed by atoms with Gasteiger partial charge in [-0.15, -0.1) is 0 Å². The van der Waals surface area contributed by atoms with E-state index in [9.17, 15) is 20.1 Å². The fraction of sp³-hybridized carbons (Fsp3) is 0.944. The third-order valence-electron chi connectivity index (χ3n) is 7.11. The van der Waals surface area contributed by atoms with Crippen LogP contribution in [0.4, 0.5) is 0 Å². The van der Waals surface area contributed by atoms with Crippen LogP contribution in [-0.2, 0) is 19.0 Å². The molecule has 3 N–H and O–H groups in total. The SMILES string of the molecule is C[C@@H]1[C@H]2[C@@H]3OC(=O)[C@@]4(C)OC(C)(C)O[C@@H](C[C@](C)(O)[C@H]2C[C@@H]1O)[C@@]34O. The Morgan fingerprint density at radius 1 is 1.16 bits per heavy atom. The van der Waals surface area contributed by atoms with Crippen molar-refractivity contribution in [3.63, 3.8) is 0 Å². The van der Waals surface area contributed by atoms with E-state index in [1.165, 1.54) is 6.92 Å². The number of ether oxygens (including phenoxy) is 3. The van der Waals surface area contributed by atoms with Gasteiger partial charge >= 0.3 is 5.97 Å². The Morgan fingerprint density at radius 2 is 1.80 bits per heavy atom. The number of esters is 1. The van der Waals surface area contributed by atoms with Crippen molar-refractivity contribution in [2.24, 2.45) is 17.8 Å². The van der Waals surface area contributed by atoms with Gasteiger partial charge < -0.3 is 29.5 Å². The van der Waals surface area contributed by atoms with Crippen LogP contribution in [0, 0.1) is 17.8 Å². The van der Waals surface area contributed by atoms with Gasteiger partial charge in [0.1, 0.15) is 6.10 Å². The van der Waals surface area contributed by atoms with E-state index in [1.54, 1.807) is 20.8 Å². The third-order valence-corrected chi connectivity index (χ3v) is 7.11. The average molecular weight is 356 g/mol. The summed E-state index contributed by atoms with van der Waals surface area (Å²) in [6.45, 7) is 8.49. The van der Waals surface area contributed by atoms with Gasteiger partial charge in [0, 0.05) is 12.3 Å². The van der Waals surface area contributed by atoms with Gasteiger partial charge in [0.05, 0.1) is 17.8 Å². The number of carbonyl (C=O) groups excluding carboxylic acids is 1. The maximum Gasteiger partial charge on any atom is 0.341 e. The molecule has 142 valence electrons. The van der Waals surface area contributed by atoms with Gasteiger partial charge in [-0.1, -0.05) is 6.92 Å². The third kappa shape index (κ3) is 2.02. The second-order valence-corrected chi connectivity index (χ2v) is 9.20. The molecule has 9 atom stereocenters. The quantitative estimate of drug-likeness (QED) is 0.538. The molecule has 4 aliphatic rings. The Bertz CT molecular complexity index is 617. The van der Waals surface area contributed by atoms with Crippen LogP contribution >= 0.6 is 0 Å². The number of carbonyl (C=O) groups is 1. The molecular formula is C18H28O7. The lowest BCUT2D eigenvalue weighted by Crippen LogP contribution is -2.72. The molecule has 0 amide bonds. The zero-order valence-electron chi connectivity index (χ0n) is 15.4. The Hall–Kier alpha value is -0.730. The summed E-state index contributed by atoms with van der Waals surface area (Å²) in [5, 5.41) is 33.3. The lowest BCUT2D eigenvalue weighted by Gasteiger charge is -2.52. The van der Waals surface area contributed by atoms with E-state index in [0.29, 0.717) is 6.42 Å². The maximum absolute atomic E-state index is 12.7. The second-order valence-electron chi connectivity index (χ2n) is 9.20. The zero-order valence-corrected chi connectivity index (χ0v) is 15.4. The second kappa shape index (κ2) is 4.75. The van der Waals surface area contributed by atoms with Crippen LogP contribution in [0.25, 0.3) is 0 Å². The summed E-state index contributed by atoms with van der Waals surface area (Å²) in [5.74, 6) is -2.62. The standard InChI is InChI=1S/C18H28O7/c1-8-10(19)6-9-12(8)13-18(22)11(7-16(9,4)21)24-15(2,3)25-17(18,5)14(20)23-13/h8-13,19,21-22H,6-7H2,1-5H3/t8-,9-,10-,11-,12+,13-,16-,17+,18+/m0/s1. The molecule has 2 aliphatic heterocycles. The Morgan fingerprint density at radius 3 is 2.44 bits per heavy atom. The molecule has 7 heteroatoms. The predicted molar refractivity (Wildman–Crippen MR) is 85.3 cm³/mol. The normalized spacial score (nSPS) is 59.8. The van der Waals surface area contributed by atoms with Crippen molar-refractivity contribution in [2.45, 2.75) is 88.4 Å². The molecule has 0 aromatic rings. The van der Waals surface area contributed by atoms with Gasteiger partial charge in [-0.3, -0.25) is 0 Å². The molecule has 2 saturated heterocycles. The number of rotatable bonds is 0. The zero-order chi connectivity index (χ0) is 18.6. The van der Waals surface area contributed by atoms with Crippen molar-refractivity contribution < 1.29 is 34.3 Å². The van der Waals surface area contributed by atoms with Gasteiger partial charge in [0.25, 0.3) is 0 Å². The molecule has 0 aromatic heterocycles. The molecule has 2 aliphatic carbocycles. The molecule has 0 bridgehead atoms. The molecule has 4 fully saturated rings. The average Bonchev–Trinajstić information content (AvgIpc) is 2.83. The molecular weight excluding hydrogens is 328 g/mol. The van der Waals surface area contributed by atoms with E-state index in [2.05, 4.69) is 0 Å². The van der Waals surface area contributed by atoms with Crippen LogP contribution in [-0.4, -0.2) is 62.2 Å². The summed E-state index contributed by atoms with van der Waals surface area (Å²) in [6.07, 6.45) is -1.79. The van der Waals surface area contributed by atoms with Crippen molar-refractivity contribution in [3.8, 4) is 0 Å². The lowest BCUT2D eigenvalue weighted by atomic mass is 9.71. The minimum absolute atomic E-state index is 0.139. The predicted octanol–water partition coefficient (Wildman–Crippen LogP) is 0.341. The number of aliphatic hydroxyl groups is 3. The summed E-state index contributed by atoms with van der Waals surface area (Å²) < 4.78 is 17.5. The van der Waals surface area contributed by atoms with Crippen LogP contribution in [0.1, 0.15) is 47.5 Å². The topological polar surface area (TPSA) is 105 Å². The largest absolute Gasteiger partial charge is 0.457 e. The Balaban J connectivity index is 1.90. The van der Waals surface area contributed by atoms with E-state index in [1.807, 2.05) is 6.92 Å². The van der Waals surface area contributed by atoms with Crippen molar-refractivity contribution in [2.75, 3.05) is 0 Å².